The molecule has 0 unspecified atom stereocenters. The molecule has 0 amide bonds. The normalized spacial score (nSPS) is 13.3. The van der Waals surface area contributed by atoms with Crippen molar-refractivity contribution in [1.29, 1.82) is 0 Å². The molecule has 0 spiro atoms. The number of aliphatic hydroxyl groups excluding tert-OH is 1. The molecular weight excluding hydrogens is 516 g/mol. The third-order valence-electron chi connectivity index (χ3n) is 5.89. The number of nitrogens with zero attached hydrogens (tertiary/aromatic N) is 5. The Morgan fingerprint density at radius 3 is 2.32 bits per heavy atom. The minimum atomic E-state index is -4.16. The predicted octanol–water partition coefficient (Wildman–Crippen LogP) is 3.59. The molecule has 0 saturated heterocycles. The van der Waals surface area contributed by atoms with E-state index in [0.717, 1.165) is 16.1 Å². The van der Waals surface area contributed by atoms with Crippen LogP contribution in [0.15, 0.2) is 36.7 Å². The Bertz CT molecular complexity index is 1490. The van der Waals surface area contributed by atoms with E-state index in [-0.39, 0.29) is 5.95 Å². The van der Waals surface area contributed by atoms with Gasteiger partial charge in [0.1, 0.15) is 33.5 Å². The number of anilines is 1. The van der Waals surface area contributed by atoms with Gasteiger partial charge in [-0.15, -0.1) is 21.5 Å². The zero-order valence-electron chi connectivity index (χ0n) is 21.3. The highest BCUT2D eigenvalue weighted by Crippen LogP contribution is 2.38. The second kappa shape index (κ2) is 10.4. The van der Waals surface area contributed by atoms with Crippen LogP contribution in [-0.2, 0) is 10.0 Å². The number of aromatic nitrogens is 5. The number of pyridine rings is 1. The van der Waals surface area contributed by atoms with E-state index in [9.17, 15) is 13.5 Å². The number of sulfonamides is 1. The van der Waals surface area contributed by atoms with Gasteiger partial charge in [0.2, 0.25) is 16.0 Å². The molecule has 3 heterocycles. The Morgan fingerprint density at radius 1 is 1.08 bits per heavy atom. The van der Waals surface area contributed by atoms with E-state index >= 15 is 0 Å². The minimum Gasteiger partial charge on any atom is -0.494 e. The number of thiazole rings is 1. The molecule has 1 aromatic carbocycles. The van der Waals surface area contributed by atoms with Crippen LogP contribution in [0.25, 0.3) is 17.1 Å². The number of nitrogens with one attached hydrogen (secondary N) is 1. The lowest BCUT2D eigenvalue weighted by Crippen LogP contribution is -2.31. The first-order valence-electron chi connectivity index (χ1n) is 11.3. The molecular formula is C24H28N6O5S2. The molecule has 0 bridgehead atoms. The molecule has 3 aromatic heterocycles. The standard InChI is InChI=1S/C24H28N6O5S2/c1-13-10-17(12-25-11-13)22-27-28-24(30(22)20-18(34-5)8-7-9-19(20)35-6)29-37(32,33)16(4)21(31)23-26-14(2)15(3)36-23/h7-12,16,21,31H,1-6H3,(H,28,29)/t16-,21+/m0/s1. The maximum absolute atomic E-state index is 13.4. The molecule has 4 rings (SSSR count). The van der Waals surface area contributed by atoms with E-state index in [1.54, 1.807) is 30.6 Å². The molecule has 11 nitrogen and oxygen atoms in total. The van der Waals surface area contributed by atoms with Crippen LogP contribution in [0.2, 0.25) is 0 Å². The van der Waals surface area contributed by atoms with E-state index in [4.69, 9.17) is 9.47 Å². The summed E-state index contributed by atoms with van der Waals surface area (Å²) in [7, 11) is -1.17. The van der Waals surface area contributed by atoms with Gasteiger partial charge >= 0.3 is 0 Å². The number of rotatable bonds is 9. The van der Waals surface area contributed by atoms with Crippen LogP contribution < -0.4 is 14.2 Å². The number of benzene rings is 1. The molecule has 2 N–H and O–H groups in total. The van der Waals surface area contributed by atoms with Gasteiger partial charge in [-0.1, -0.05) is 6.07 Å². The van der Waals surface area contributed by atoms with Gasteiger partial charge < -0.3 is 14.6 Å². The van der Waals surface area contributed by atoms with Crippen LogP contribution in [0, 0.1) is 20.8 Å². The van der Waals surface area contributed by atoms with Crippen molar-refractivity contribution in [3.63, 3.8) is 0 Å². The van der Waals surface area contributed by atoms with Crippen molar-refractivity contribution < 1.29 is 23.0 Å². The van der Waals surface area contributed by atoms with Crippen molar-refractivity contribution in [1.82, 2.24) is 24.7 Å². The molecule has 2 atom stereocenters. The van der Waals surface area contributed by atoms with E-state index in [1.807, 2.05) is 26.8 Å². The number of hydrogen-bond acceptors (Lipinski definition) is 10. The fraction of sp³-hybridized carbons (Fsp3) is 0.333. The number of methoxy groups -OCH3 is 2. The maximum atomic E-state index is 13.4. The molecule has 0 aliphatic heterocycles. The van der Waals surface area contributed by atoms with E-state index in [0.29, 0.717) is 33.6 Å². The zero-order chi connectivity index (χ0) is 26.9. The highest BCUT2D eigenvalue weighted by Gasteiger charge is 2.34. The lowest BCUT2D eigenvalue weighted by atomic mass is 10.2. The van der Waals surface area contributed by atoms with Gasteiger partial charge in [0.15, 0.2) is 5.82 Å². The van der Waals surface area contributed by atoms with E-state index in [1.165, 1.54) is 37.0 Å². The average Bonchev–Trinajstić information content (AvgIpc) is 3.44. The third kappa shape index (κ3) is 5.15. The quantitative estimate of drug-likeness (QED) is 0.323. The fourth-order valence-corrected chi connectivity index (χ4v) is 5.83. The Labute approximate surface area is 219 Å². The van der Waals surface area contributed by atoms with Crippen molar-refractivity contribution in [2.24, 2.45) is 0 Å². The Morgan fingerprint density at radius 2 is 1.76 bits per heavy atom. The van der Waals surface area contributed by atoms with Gasteiger partial charge in [-0.2, -0.15) is 0 Å². The number of aryl methyl sites for hydroxylation is 3. The minimum absolute atomic E-state index is 0.107. The van der Waals surface area contributed by atoms with E-state index < -0.39 is 21.4 Å². The van der Waals surface area contributed by atoms with Gasteiger partial charge in [-0.05, 0) is 51.5 Å². The number of para-hydroxylation sites is 1. The summed E-state index contributed by atoms with van der Waals surface area (Å²) in [4.78, 5) is 9.46. The summed E-state index contributed by atoms with van der Waals surface area (Å²) in [6, 6.07) is 7.04. The SMILES string of the molecule is COc1cccc(OC)c1-n1c(NS(=O)(=O)[C@@H](C)[C@@H](O)c2nc(C)c(C)s2)nnc1-c1cncc(C)c1. The van der Waals surface area contributed by atoms with Crippen LogP contribution in [0.5, 0.6) is 11.5 Å². The molecule has 0 saturated carbocycles. The topological polar surface area (TPSA) is 141 Å². The smallest absolute Gasteiger partial charge is 0.243 e. The van der Waals surface area contributed by atoms with E-state index in [2.05, 4.69) is 24.9 Å². The van der Waals surface area contributed by atoms with Gasteiger partial charge in [0.05, 0.1) is 19.9 Å². The Hall–Kier alpha value is -3.55. The molecule has 0 aliphatic carbocycles. The average molecular weight is 545 g/mol. The summed E-state index contributed by atoms with van der Waals surface area (Å²) < 4.78 is 42.1. The summed E-state index contributed by atoms with van der Waals surface area (Å²) in [5, 5.41) is 18.4. The first-order valence-corrected chi connectivity index (χ1v) is 13.7. The van der Waals surface area contributed by atoms with Crippen LogP contribution in [0.1, 0.15) is 34.2 Å². The van der Waals surface area contributed by atoms with Gasteiger partial charge in [-0.3, -0.25) is 14.3 Å². The molecule has 4 aromatic rings. The summed E-state index contributed by atoms with van der Waals surface area (Å²) in [5.74, 6) is 1.02. The van der Waals surface area contributed by atoms with Crippen molar-refractivity contribution >= 4 is 27.3 Å². The van der Waals surface area contributed by atoms with Crippen molar-refractivity contribution in [2.75, 3.05) is 18.9 Å². The first-order chi connectivity index (χ1) is 17.6. The molecule has 196 valence electrons. The number of ether oxygens (including phenoxy) is 2. The molecule has 37 heavy (non-hydrogen) atoms. The summed E-state index contributed by atoms with van der Waals surface area (Å²) >= 11 is 1.26. The molecule has 13 heteroatoms. The van der Waals surface area contributed by atoms with Crippen LogP contribution in [-0.4, -0.2) is 57.7 Å². The molecule has 0 fully saturated rings. The lowest BCUT2D eigenvalue weighted by molar-refractivity contribution is 0.175. The highest BCUT2D eigenvalue weighted by atomic mass is 32.2. The van der Waals surface area contributed by atoms with Gasteiger partial charge in [-0.25, -0.2) is 13.4 Å². The fourth-order valence-electron chi connectivity index (χ4n) is 3.69. The summed E-state index contributed by atoms with van der Waals surface area (Å²) in [5.41, 5.74) is 2.63. The Kier molecular flexibility index (Phi) is 7.48. The lowest BCUT2D eigenvalue weighted by Gasteiger charge is -2.20. The van der Waals surface area contributed by atoms with Crippen LogP contribution in [0.4, 0.5) is 5.95 Å². The monoisotopic (exact) mass is 544 g/mol. The van der Waals surface area contributed by atoms with Crippen LogP contribution in [0.3, 0.4) is 0 Å². The first kappa shape index (κ1) is 26.5. The van der Waals surface area contributed by atoms with Crippen molar-refractivity contribution in [3.05, 3.63) is 57.8 Å². The molecule has 0 radical (unpaired) electrons. The predicted molar refractivity (Wildman–Crippen MR) is 141 cm³/mol. The highest BCUT2D eigenvalue weighted by molar-refractivity contribution is 7.93. The van der Waals surface area contributed by atoms with Crippen molar-refractivity contribution in [3.8, 4) is 28.6 Å². The number of hydrogen-bond donors (Lipinski definition) is 2. The second-order valence-corrected chi connectivity index (χ2v) is 11.7. The third-order valence-corrected chi connectivity index (χ3v) is 8.73. The van der Waals surface area contributed by atoms with Crippen LogP contribution >= 0.6 is 11.3 Å². The number of aliphatic hydroxyl groups is 1. The second-order valence-electron chi connectivity index (χ2n) is 8.44. The zero-order valence-corrected chi connectivity index (χ0v) is 22.9. The van der Waals surface area contributed by atoms with Gasteiger partial charge in [0.25, 0.3) is 0 Å². The summed E-state index contributed by atoms with van der Waals surface area (Å²) in [6.45, 7) is 6.97. The molecule has 0 aliphatic rings. The van der Waals surface area contributed by atoms with Gasteiger partial charge in [0, 0.05) is 22.8 Å². The Balaban J connectivity index is 1.84. The maximum Gasteiger partial charge on any atom is 0.243 e. The summed E-state index contributed by atoms with van der Waals surface area (Å²) in [6.07, 6.45) is 1.96. The largest absolute Gasteiger partial charge is 0.494 e. The van der Waals surface area contributed by atoms with Crippen molar-refractivity contribution in [2.45, 2.75) is 39.0 Å².